The van der Waals surface area contributed by atoms with Crippen LogP contribution in [0.4, 0.5) is 10.8 Å². The molecular formula is C17H19ClN2O2S. The van der Waals surface area contributed by atoms with Crippen LogP contribution >= 0.6 is 22.9 Å². The molecule has 1 aromatic carbocycles. The van der Waals surface area contributed by atoms with Crippen molar-refractivity contribution in [2.24, 2.45) is 5.92 Å². The van der Waals surface area contributed by atoms with Crippen molar-refractivity contribution in [1.82, 2.24) is 4.98 Å². The van der Waals surface area contributed by atoms with Gasteiger partial charge < -0.3 is 10.1 Å². The van der Waals surface area contributed by atoms with E-state index in [9.17, 15) is 4.79 Å². The molecular weight excluding hydrogens is 332 g/mol. The number of benzene rings is 1. The third-order valence-electron chi connectivity index (χ3n) is 4.09. The van der Waals surface area contributed by atoms with Crippen LogP contribution in [0.5, 0.6) is 0 Å². The first-order valence-corrected chi connectivity index (χ1v) is 8.98. The number of para-hydroxylation sites is 1. The van der Waals surface area contributed by atoms with Gasteiger partial charge in [0.1, 0.15) is 0 Å². The van der Waals surface area contributed by atoms with Gasteiger partial charge in [-0.05, 0) is 25.5 Å². The number of anilines is 2. The largest absolute Gasteiger partial charge is 0.453 e. The summed E-state index contributed by atoms with van der Waals surface area (Å²) in [6.45, 7) is 4.02. The highest BCUT2D eigenvalue weighted by Gasteiger charge is 2.45. The van der Waals surface area contributed by atoms with Crippen LogP contribution in [0.15, 0.2) is 29.6 Å². The highest BCUT2D eigenvalue weighted by Crippen LogP contribution is 2.42. The lowest BCUT2D eigenvalue weighted by Gasteiger charge is -2.19. The van der Waals surface area contributed by atoms with E-state index < -0.39 is 5.60 Å². The fraction of sp³-hybridized carbons (Fsp3) is 0.412. The highest BCUT2D eigenvalue weighted by atomic mass is 35.5. The molecule has 1 saturated heterocycles. The summed E-state index contributed by atoms with van der Waals surface area (Å²) in [5, 5.41) is 6.55. The van der Waals surface area contributed by atoms with Gasteiger partial charge in [0.25, 0.3) is 0 Å². The van der Waals surface area contributed by atoms with Crippen LogP contribution < -0.4 is 5.32 Å². The Morgan fingerprint density at radius 3 is 3.00 bits per heavy atom. The van der Waals surface area contributed by atoms with Crippen LogP contribution in [0.3, 0.4) is 0 Å². The van der Waals surface area contributed by atoms with E-state index in [1.165, 1.54) is 11.3 Å². The van der Waals surface area contributed by atoms with Gasteiger partial charge in [-0.15, -0.1) is 11.3 Å². The van der Waals surface area contributed by atoms with Gasteiger partial charge in [0, 0.05) is 11.8 Å². The van der Waals surface area contributed by atoms with Gasteiger partial charge in [0.2, 0.25) is 0 Å². The minimum absolute atomic E-state index is 0.0216. The molecule has 0 aliphatic carbocycles. The Morgan fingerprint density at radius 1 is 1.48 bits per heavy atom. The summed E-state index contributed by atoms with van der Waals surface area (Å²) in [6.07, 6.45) is 2.53. The van der Waals surface area contributed by atoms with Gasteiger partial charge in [0.15, 0.2) is 10.7 Å². The first kappa shape index (κ1) is 16.3. The molecule has 0 saturated carbocycles. The number of hydrogen-bond acceptors (Lipinski definition) is 5. The zero-order valence-electron chi connectivity index (χ0n) is 13.1. The number of rotatable bonds is 5. The summed E-state index contributed by atoms with van der Waals surface area (Å²) in [5.41, 5.74) is 0.977. The van der Waals surface area contributed by atoms with Crippen molar-refractivity contribution >= 4 is 39.7 Å². The molecule has 1 aliphatic heterocycles. The number of aromatic nitrogens is 1. The molecule has 3 rings (SSSR count). The summed E-state index contributed by atoms with van der Waals surface area (Å²) in [7, 11) is 0. The predicted octanol–water partition coefficient (Wildman–Crippen LogP) is 5.12. The summed E-state index contributed by atoms with van der Waals surface area (Å²) >= 11 is 7.64. The van der Waals surface area contributed by atoms with E-state index in [0.29, 0.717) is 11.4 Å². The molecule has 122 valence electrons. The molecule has 1 fully saturated rings. The van der Waals surface area contributed by atoms with Gasteiger partial charge in [0.05, 0.1) is 22.3 Å². The van der Waals surface area contributed by atoms with Crippen LogP contribution in [0, 0.1) is 5.92 Å². The third kappa shape index (κ3) is 3.35. The molecule has 0 spiro atoms. The van der Waals surface area contributed by atoms with E-state index in [-0.39, 0.29) is 11.9 Å². The van der Waals surface area contributed by atoms with E-state index in [4.69, 9.17) is 16.3 Å². The number of halogens is 1. The van der Waals surface area contributed by atoms with E-state index >= 15 is 0 Å². The zero-order chi connectivity index (χ0) is 16.4. The summed E-state index contributed by atoms with van der Waals surface area (Å²) < 4.78 is 5.64. The maximum absolute atomic E-state index is 12.0. The van der Waals surface area contributed by atoms with Gasteiger partial charge in [-0.1, -0.05) is 37.1 Å². The number of hydrogen-bond donors (Lipinski definition) is 1. The molecule has 0 radical (unpaired) electrons. The molecule has 0 amide bonds. The average molecular weight is 351 g/mol. The van der Waals surface area contributed by atoms with Crippen molar-refractivity contribution in [1.29, 1.82) is 0 Å². The Balaban J connectivity index is 1.77. The van der Waals surface area contributed by atoms with Crippen molar-refractivity contribution < 1.29 is 9.53 Å². The summed E-state index contributed by atoms with van der Waals surface area (Å²) in [4.78, 5) is 16.6. The van der Waals surface area contributed by atoms with Gasteiger partial charge in [-0.3, -0.25) is 4.79 Å². The van der Waals surface area contributed by atoms with Crippen molar-refractivity contribution in [3.8, 4) is 0 Å². The molecule has 2 heterocycles. The fourth-order valence-electron chi connectivity index (χ4n) is 2.88. The molecule has 2 aromatic rings. The number of cyclic esters (lactones) is 1. The van der Waals surface area contributed by atoms with Gasteiger partial charge in [-0.25, -0.2) is 4.98 Å². The number of thiazole rings is 1. The Bertz CT molecular complexity index is 718. The molecule has 0 bridgehead atoms. The van der Waals surface area contributed by atoms with Crippen LogP contribution in [-0.4, -0.2) is 11.0 Å². The van der Waals surface area contributed by atoms with E-state index in [0.717, 1.165) is 29.4 Å². The minimum atomic E-state index is -0.631. The molecule has 4 nitrogen and oxygen atoms in total. The monoisotopic (exact) mass is 350 g/mol. The number of ether oxygens (including phenoxy) is 1. The normalized spacial score (nSPS) is 23.8. The molecule has 6 heteroatoms. The van der Waals surface area contributed by atoms with Crippen LogP contribution in [0.25, 0.3) is 0 Å². The fourth-order valence-corrected chi connectivity index (χ4v) is 3.91. The maximum atomic E-state index is 12.0. The summed E-state index contributed by atoms with van der Waals surface area (Å²) in [5.74, 6) is -0.130. The second-order valence-corrected chi connectivity index (χ2v) is 7.25. The number of carbonyl (C=O) groups excluding carboxylic acids is 1. The molecule has 23 heavy (non-hydrogen) atoms. The number of nitrogens with one attached hydrogen (secondary N) is 1. The second-order valence-electron chi connectivity index (χ2n) is 5.98. The maximum Gasteiger partial charge on any atom is 0.310 e. The first-order valence-electron chi connectivity index (χ1n) is 7.72. The first-order chi connectivity index (χ1) is 11.0. The minimum Gasteiger partial charge on any atom is -0.453 e. The zero-order valence-corrected chi connectivity index (χ0v) is 14.7. The van der Waals surface area contributed by atoms with Crippen molar-refractivity contribution in [2.75, 3.05) is 5.32 Å². The van der Waals surface area contributed by atoms with Gasteiger partial charge >= 0.3 is 5.97 Å². The predicted molar refractivity (Wildman–Crippen MR) is 93.3 cm³/mol. The Hall–Kier alpha value is -1.59. The Kier molecular flexibility index (Phi) is 4.60. The van der Waals surface area contributed by atoms with Crippen molar-refractivity contribution in [3.63, 3.8) is 0 Å². The lowest BCUT2D eigenvalue weighted by atomic mass is 9.91. The SMILES string of the molecule is CCC[C@@H]1C[C@@](C)(c2csc(Nc3ccccc3Cl)n2)OC1=O. The topological polar surface area (TPSA) is 51.2 Å². The second kappa shape index (κ2) is 6.49. The third-order valence-corrected chi connectivity index (χ3v) is 5.18. The van der Waals surface area contributed by atoms with Crippen LogP contribution in [0.1, 0.15) is 38.8 Å². The van der Waals surface area contributed by atoms with E-state index in [2.05, 4.69) is 17.2 Å². The highest BCUT2D eigenvalue weighted by molar-refractivity contribution is 7.13. The van der Waals surface area contributed by atoms with Crippen molar-refractivity contribution in [2.45, 2.75) is 38.7 Å². The van der Waals surface area contributed by atoms with Gasteiger partial charge in [-0.2, -0.15) is 0 Å². The molecule has 1 aromatic heterocycles. The van der Waals surface area contributed by atoms with Crippen LogP contribution in [0.2, 0.25) is 5.02 Å². The van der Waals surface area contributed by atoms with Crippen LogP contribution in [-0.2, 0) is 15.1 Å². The lowest BCUT2D eigenvalue weighted by Crippen LogP contribution is -2.21. The Morgan fingerprint density at radius 2 is 2.26 bits per heavy atom. The summed E-state index contributed by atoms with van der Waals surface area (Å²) in [6, 6.07) is 7.53. The van der Waals surface area contributed by atoms with E-state index in [1.807, 2.05) is 36.6 Å². The standard InChI is InChI=1S/C17H19ClN2O2S/c1-3-6-11-9-17(2,22-15(11)21)14-10-23-16(20-14)19-13-8-5-4-7-12(13)18/h4-5,7-8,10-11H,3,6,9H2,1-2H3,(H,19,20)/t11-,17+/m1/s1. The molecule has 1 aliphatic rings. The Labute approximate surface area is 144 Å². The molecule has 0 unspecified atom stereocenters. The van der Waals surface area contributed by atoms with Crippen molar-refractivity contribution in [3.05, 3.63) is 40.4 Å². The molecule has 2 atom stereocenters. The lowest BCUT2D eigenvalue weighted by molar-refractivity contribution is -0.150. The van der Waals surface area contributed by atoms with E-state index in [1.54, 1.807) is 0 Å². The smallest absolute Gasteiger partial charge is 0.310 e. The number of nitrogens with zero attached hydrogens (tertiary/aromatic N) is 1. The number of carbonyl (C=O) groups is 1. The average Bonchev–Trinajstić information content (AvgIpc) is 3.08. The number of esters is 1. The quantitative estimate of drug-likeness (QED) is 0.760. The molecule has 1 N–H and O–H groups in total.